The van der Waals surface area contributed by atoms with E-state index in [0.717, 1.165) is 17.3 Å². The van der Waals surface area contributed by atoms with Crippen LogP contribution in [-0.4, -0.2) is 48.8 Å². The SMILES string of the molecule is COc1cccc(-c2noc(SCC(=O)Nc3ccn(CCc4noc(=O)[nH]4)n3)n2)c1. The maximum absolute atomic E-state index is 12.2. The Bertz CT molecular complexity index is 1230. The fourth-order valence-corrected chi connectivity index (χ4v) is 3.16. The molecule has 3 aromatic heterocycles. The normalized spacial score (nSPS) is 10.9. The van der Waals surface area contributed by atoms with E-state index >= 15 is 0 Å². The van der Waals surface area contributed by atoms with Crippen LogP contribution in [0.5, 0.6) is 5.75 Å². The molecule has 0 aliphatic rings. The summed E-state index contributed by atoms with van der Waals surface area (Å²) in [5.41, 5.74) is 0.750. The van der Waals surface area contributed by atoms with Crippen molar-refractivity contribution in [1.82, 2.24) is 30.1 Å². The van der Waals surface area contributed by atoms with Crippen molar-refractivity contribution in [3.05, 3.63) is 52.9 Å². The largest absolute Gasteiger partial charge is 0.497 e. The Balaban J connectivity index is 1.26. The smallest absolute Gasteiger partial charge is 0.438 e. The van der Waals surface area contributed by atoms with E-state index in [2.05, 4.69) is 35.2 Å². The molecule has 0 saturated heterocycles. The Kier molecular flexibility index (Phi) is 6.12. The number of nitrogens with one attached hydrogen (secondary N) is 2. The number of carbonyl (C=O) groups is 1. The van der Waals surface area contributed by atoms with Gasteiger partial charge < -0.3 is 14.6 Å². The molecule has 0 unspecified atom stereocenters. The standard InChI is InChI=1S/C18H17N7O5S/c1-28-12-4-2-3-11(9-12)16-21-18(30-24-16)31-10-15(26)19-13-5-7-25(22-13)8-6-14-20-17(27)29-23-14/h2-5,7,9H,6,8,10H2,1H3,(H,19,22,26)(H,20,23,27). The van der Waals surface area contributed by atoms with Gasteiger partial charge in [0.15, 0.2) is 11.6 Å². The van der Waals surface area contributed by atoms with E-state index in [0.29, 0.717) is 36.2 Å². The van der Waals surface area contributed by atoms with Crippen LogP contribution in [0.15, 0.2) is 55.6 Å². The lowest BCUT2D eigenvalue weighted by molar-refractivity contribution is -0.113. The molecule has 0 aliphatic heterocycles. The first-order valence-electron chi connectivity index (χ1n) is 9.08. The third-order valence-electron chi connectivity index (χ3n) is 4.03. The van der Waals surface area contributed by atoms with Crippen LogP contribution in [-0.2, 0) is 17.8 Å². The van der Waals surface area contributed by atoms with Gasteiger partial charge in [0.1, 0.15) is 5.75 Å². The average molecular weight is 443 g/mol. The topological polar surface area (TPSA) is 154 Å². The van der Waals surface area contributed by atoms with Gasteiger partial charge in [0.2, 0.25) is 11.7 Å². The summed E-state index contributed by atoms with van der Waals surface area (Å²) in [4.78, 5) is 29.8. The van der Waals surface area contributed by atoms with Crippen LogP contribution in [0.2, 0.25) is 0 Å². The molecule has 3 heterocycles. The number of methoxy groups -OCH3 is 1. The number of aromatic nitrogens is 6. The third kappa shape index (κ3) is 5.39. The molecule has 1 amide bonds. The summed E-state index contributed by atoms with van der Waals surface area (Å²) in [6, 6.07) is 8.95. The zero-order valence-corrected chi connectivity index (χ0v) is 17.1. The second-order valence-electron chi connectivity index (χ2n) is 6.21. The molecule has 0 radical (unpaired) electrons. The second kappa shape index (κ2) is 9.30. The van der Waals surface area contributed by atoms with E-state index in [4.69, 9.17) is 9.26 Å². The maximum atomic E-state index is 12.2. The molecule has 31 heavy (non-hydrogen) atoms. The summed E-state index contributed by atoms with van der Waals surface area (Å²) >= 11 is 1.12. The molecule has 0 fully saturated rings. The number of carbonyl (C=O) groups excluding carboxylic acids is 1. The second-order valence-corrected chi connectivity index (χ2v) is 7.14. The molecule has 12 nitrogen and oxygen atoms in total. The number of hydrogen-bond donors (Lipinski definition) is 2. The fraction of sp³-hybridized carbons (Fsp3) is 0.222. The van der Waals surface area contributed by atoms with Crippen LogP contribution < -0.4 is 15.8 Å². The van der Waals surface area contributed by atoms with Gasteiger partial charge >= 0.3 is 5.76 Å². The molecule has 0 atom stereocenters. The minimum absolute atomic E-state index is 0.0762. The Morgan fingerprint density at radius 1 is 1.29 bits per heavy atom. The van der Waals surface area contributed by atoms with E-state index in [9.17, 15) is 9.59 Å². The van der Waals surface area contributed by atoms with Gasteiger partial charge in [0.05, 0.1) is 12.9 Å². The van der Waals surface area contributed by atoms with Gasteiger partial charge in [-0.1, -0.05) is 34.2 Å². The van der Waals surface area contributed by atoms with E-state index in [1.165, 1.54) is 0 Å². The summed E-state index contributed by atoms with van der Waals surface area (Å²) in [7, 11) is 1.58. The van der Waals surface area contributed by atoms with Crippen LogP contribution in [0.3, 0.4) is 0 Å². The Hall–Kier alpha value is -3.87. The predicted octanol–water partition coefficient (Wildman–Crippen LogP) is 1.59. The summed E-state index contributed by atoms with van der Waals surface area (Å²) in [6.07, 6.45) is 2.14. The number of rotatable bonds is 9. The molecule has 0 spiro atoms. The molecule has 0 bridgehead atoms. The monoisotopic (exact) mass is 443 g/mol. The number of thioether (sulfide) groups is 1. The number of benzene rings is 1. The van der Waals surface area contributed by atoms with E-state index < -0.39 is 5.76 Å². The van der Waals surface area contributed by atoms with Crippen molar-refractivity contribution < 1.29 is 18.6 Å². The van der Waals surface area contributed by atoms with E-state index in [1.807, 2.05) is 18.2 Å². The molecule has 13 heteroatoms. The van der Waals surface area contributed by atoms with E-state index in [1.54, 1.807) is 30.1 Å². The number of anilines is 1. The molecule has 1 aromatic carbocycles. The zero-order valence-electron chi connectivity index (χ0n) is 16.3. The summed E-state index contributed by atoms with van der Waals surface area (Å²) < 4.78 is 16.4. The molecular formula is C18H17N7O5S. The van der Waals surface area contributed by atoms with Crippen molar-refractivity contribution >= 4 is 23.5 Å². The Labute approximate surface area is 179 Å². The zero-order chi connectivity index (χ0) is 21.6. The first kappa shape index (κ1) is 20.4. The number of nitrogens with zero attached hydrogens (tertiary/aromatic N) is 5. The number of aryl methyl sites for hydroxylation is 2. The predicted molar refractivity (Wildman–Crippen MR) is 109 cm³/mol. The van der Waals surface area contributed by atoms with Crippen molar-refractivity contribution in [2.24, 2.45) is 0 Å². The van der Waals surface area contributed by atoms with E-state index in [-0.39, 0.29) is 16.9 Å². The van der Waals surface area contributed by atoms with Gasteiger partial charge in [0.25, 0.3) is 5.22 Å². The number of ether oxygens (including phenoxy) is 1. The molecule has 4 aromatic rings. The van der Waals surface area contributed by atoms with Gasteiger partial charge in [0, 0.05) is 30.8 Å². The van der Waals surface area contributed by atoms with Gasteiger partial charge in [-0.25, -0.2) is 4.79 Å². The van der Waals surface area contributed by atoms with Crippen molar-refractivity contribution in [2.75, 3.05) is 18.2 Å². The number of H-pyrrole nitrogens is 1. The first-order valence-corrected chi connectivity index (χ1v) is 10.1. The van der Waals surface area contributed by atoms with Crippen LogP contribution >= 0.6 is 11.8 Å². The molecular weight excluding hydrogens is 426 g/mol. The number of amides is 1. The summed E-state index contributed by atoms with van der Waals surface area (Å²) in [5, 5.41) is 14.7. The third-order valence-corrected chi connectivity index (χ3v) is 4.85. The lowest BCUT2D eigenvalue weighted by Crippen LogP contribution is -2.15. The lowest BCUT2D eigenvalue weighted by atomic mass is 10.2. The van der Waals surface area contributed by atoms with Crippen molar-refractivity contribution in [3.63, 3.8) is 0 Å². The van der Waals surface area contributed by atoms with Gasteiger partial charge in [-0.05, 0) is 12.1 Å². The summed E-state index contributed by atoms with van der Waals surface area (Å²) in [5.74, 6) is 1.14. The van der Waals surface area contributed by atoms with Crippen LogP contribution in [0, 0.1) is 0 Å². The van der Waals surface area contributed by atoms with Gasteiger partial charge in [-0.2, -0.15) is 10.1 Å². The van der Waals surface area contributed by atoms with Crippen LogP contribution in [0.1, 0.15) is 5.82 Å². The maximum Gasteiger partial charge on any atom is 0.438 e. The minimum atomic E-state index is -0.599. The fourth-order valence-electron chi connectivity index (χ4n) is 2.60. The van der Waals surface area contributed by atoms with Crippen LogP contribution in [0.4, 0.5) is 5.82 Å². The van der Waals surface area contributed by atoms with Gasteiger partial charge in [-0.15, -0.1) is 0 Å². The Morgan fingerprint density at radius 3 is 3.00 bits per heavy atom. The molecule has 4 rings (SSSR count). The molecule has 0 saturated carbocycles. The number of aromatic amines is 1. The molecule has 2 N–H and O–H groups in total. The minimum Gasteiger partial charge on any atom is -0.497 e. The molecule has 160 valence electrons. The van der Waals surface area contributed by atoms with Crippen molar-refractivity contribution in [3.8, 4) is 17.1 Å². The Morgan fingerprint density at radius 2 is 2.19 bits per heavy atom. The summed E-state index contributed by atoms with van der Waals surface area (Å²) in [6.45, 7) is 0.460. The van der Waals surface area contributed by atoms with Crippen molar-refractivity contribution in [2.45, 2.75) is 18.2 Å². The first-order chi connectivity index (χ1) is 15.1. The highest BCUT2D eigenvalue weighted by atomic mass is 32.2. The van der Waals surface area contributed by atoms with Crippen LogP contribution in [0.25, 0.3) is 11.4 Å². The highest BCUT2D eigenvalue weighted by Crippen LogP contribution is 2.24. The molecule has 0 aliphatic carbocycles. The average Bonchev–Trinajstić information content (AvgIpc) is 3.52. The number of hydrogen-bond acceptors (Lipinski definition) is 10. The van der Waals surface area contributed by atoms with Gasteiger partial charge in [-0.3, -0.25) is 19.0 Å². The van der Waals surface area contributed by atoms with Crippen molar-refractivity contribution in [1.29, 1.82) is 0 Å². The quantitative estimate of drug-likeness (QED) is 0.364. The highest BCUT2D eigenvalue weighted by molar-refractivity contribution is 7.99. The lowest BCUT2D eigenvalue weighted by Gasteiger charge is -2.01. The highest BCUT2D eigenvalue weighted by Gasteiger charge is 2.13.